The molecule has 0 nitrogen and oxygen atoms in total. The minimum Gasteiger partial charge on any atom is -0.0881 e. The summed E-state index contributed by atoms with van der Waals surface area (Å²) in [6, 6.07) is 10.8. The van der Waals surface area contributed by atoms with Crippen LogP contribution in [0.4, 0.5) is 0 Å². The van der Waals surface area contributed by atoms with Gasteiger partial charge in [0.15, 0.2) is 0 Å². The van der Waals surface area contributed by atoms with E-state index >= 15 is 0 Å². The lowest BCUT2D eigenvalue weighted by molar-refractivity contribution is 0.427. The van der Waals surface area contributed by atoms with Crippen molar-refractivity contribution in [3.63, 3.8) is 0 Å². The molecule has 0 aliphatic carbocycles. The van der Waals surface area contributed by atoms with Crippen molar-refractivity contribution in [2.75, 3.05) is 0 Å². The van der Waals surface area contributed by atoms with Gasteiger partial charge in [0.1, 0.15) is 0 Å². The van der Waals surface area contributed by atoms with E-state index in [-0.39, 0.29) is 0 Å². The molecule has 0 aromatic heterocycles. The molecule has 0 fully saturated rings. The summed E-state index contributed by atoms with van der Waals surface area (Å²) in [4.78, 5) is 0.555. The van der Waals surface area contributed by atoms with Crippen molar-refractivity contribution in [2.45, 2.75) is 38.4 Å². The second-order valence-corrected chi connectivity index (χ2v) is 5.93. The van der Waals surface area contributed by atoms with Crippen molar-refractivity contribution in [1.82, 2.24) is 0 Å². The third-order valence-corrected chi connectivity index (χ3v) is 4.51. The van der Waals surface area contributed by atoms with Crippen LogP contribution in [0, 0.1) is 11.8 Å². The van der Waals surface area contributed by atoms with E-state index in [0.717, 1.165) is 0 Å². The number of alkyl halides is 1. The number of halogens is 1. The summed E-state index contributed by atoms with van der Waals surface area (Å²) in [5.74, 6) is 1.93. The van der Waals surface area contributed by atoms with E-state index in [9.17, 15) is 0 Å². The van der Waals surface area contributed by atoms with E-state index in [0.29, 0.717) is 22.6 Å². The Kier molecular flexibility index (Phi) is 4.85. The van der Waals surface area contributed by atoms with Crippen LogP contribution in [0.2, 0.25) is 0 Å². The van der Waals surface area contributed by atoms with Crippen molar-refractivity contribution in [1.29, 1.82) is 0 Å². The summed E-state index contributed by atoms with van der Waals surface area (Å²) < 4.78 is 0. The molecule has 0 heterocycles. The summed E-state index contributed by atoms with van der Waals surface area (Å²) in [7, 11) is 0. The van der Waals surface area contributed by atoms with Gasteiger partial charge in [-0.2, -0.15) is 0 Å². The molecule has 0 aliphatic rings. The molecule has 0 spiro atoms. The van der Waals surface area contributed by atoms with Crippen molar-refractivity contribution in [2.24, 2.45) is 11.8 Å². The van der Waals surface area contributed by atoms with Gasteiger partial charge < -0.3 is 0 Å². The fourth-order valence-electron chi connectivity index (χ4n) is 2.03. The van der Waals surface area contributed by atoms with E-state index in [1.54, 1.807) is 0 Å². The Morgan fingerprint density at radius 2 is 1.40 bits per heavy atom. The molecule has 0 amide bonds. The topological polar surface area (TPSA) is 0 Å². The van der Waals surface area contributed by atoms with Gasteiger partial charge in [0.2, 0.25) is 0 Å². The number of benzene rings is 1. The van der Waals surface area contributed by atoms with Crippen LogP contribution in [0.3, 0.4) is 0 Å². The van der Waals surface area contributed by atoms with Gasteiger partial charge in [0.05, 0.1) is 0 Å². The minimum atomic E-state index is 0.555. The smallest absolute Gasteiger partial charge is 0.0239 e. The standard InChI is InChI=1S/C14H21Br/c1-10(2)13(14(15)11(3)4)12-8-6-5-7-9-12/h5-11,13-14H,1-4H3. The van der Waals surface area contributed by atoms with Gasteiger partial charge in [-0.05, 0) is 23.3 Å². The van der Waals surface area contributed by atoms with Gasteiger partial charge in [-0.25, -0.2) is 0 Å². The van der Waals surface area contributed by atoms with Crippen LogP contribution < -0.4 is 0 Å². The third-order valence-electron chi connectivity index (χ3n) is 2.88. The number of hydrogen-bond donors (Lipinski definition) is 0. The second kappa shape index (κ2) is 5.69. The molecule has 1 aromatic rings. The van der Waals surface area contributed by atoms with Crippen molar-refractivity contribution in [3.8, 4) is 0 Å². The maximum atomic E-state index is 3.85. The fraction of sp³-hybridized carbons (Fsp3) is 0.571. The zero-order chi connectivity index (χ0) is 11.4. The summed E-state index contributed by atoms with van der Waals surface area (Å²) in [5.41, 5.74) is 1.45. The van der Waals surface area contributed by atoms with E-state index < -0.39 is 0 Å². The quantitative estimate of drug-likeness (QED) is 0.686. The molecule has 1 heteroatoms. The fourth-order valence-corrected chi connectivity index (χ4v) is 2.94. The van der Waals surface area contributed by atoms with Gasteiger partial charge in [0.25, 0.3) is 0 Å². The zero-order valence-electron chi connectivity index (χ0n) is 10.1. The molecular formula is C14H21Br. The Balaban J connectivity index is 2.93. The second-order valence-electron chi connectivity index (χ2n) is 4.87. The Labute approximate surface area is 102 Å². The largest absolute Gasteiger partial charge is 0.0881 e. The SMILES string of the molecule is CC(C)C(Br)C(c1ccccc1)C(C)C. The van der Waals surface area contributed by atoms with E-state index in [2.05, 4.69) is 74.0 Å². The Morgan fingerprint density at radius 1 is 0.867 bits per heavy atom. The first-order valence-corrected chi connectivity index (χ1v) is 6.64. The average molecular weight is 269 g/mol. The zero-order valence-corrected chi connectivity index (χ0v) is 11.7. The monoisotopic (exact) mass is 268 g/mol. The van der Waals surface area contributed by atoms with Crippen LogP contribution in [-0.4, -0.2) is 4.83 Å². The normalized spacial score (nSPS) is 15.7. The lowest BCUT2D eigenvalue weighted by atomic mass is 9.82. The first-order valence-electron chi connectivity index (χ1n) is 5.73. The van der Waals surface area contributed by atoms with E-state index in [4.69, 9.17) is 0 Å². The van der Waals surface area contributed by atoms with Gasteiger partial charge in [-0.3, -0.25) is 0 Å². The maximum absolute atomic E-state index is 3.85. The molecule has 0 saturated carbocycles. The molecule has 1 rings (SSSR count). The predicted molar refractivity (Wildman–Crippen MR) is 71.6 cm³/mol. The van der Waals surface area contributed by atoms with Gasteiger partial charge >= 0.3 is 0 Å². The molecular weight excluding hydrogens is 248 g/mol. The Hall–Kier alpha value is -0.300. The highest BCUT2D eigenvalue weighted by Crippen LogP contribution is 2.35. The molecule has 0 N–H and O–H groups in total. The summed E-state index contributed by atoms with van der Waals surface area (Å²) in [6.07, 6.45) is 0. The lowest BCUT2D eigenvalue weighted by Crippen LogP contribution is -2.22. The highest BCUT2D eigenvalue weighted by molar-refractivity contribution is 9.09. The van der Waals surface area contributed by atoms with Crippen molar-refractivity contribution in [3.05, 3.63) is 35.9 Å². The first-order chi connectivity index (χ1) is 7.04. The van der Waals surface area contributed by atoms with Crippen LogP contribution in [0.15, 0.2) is 30.3 Å². The highest BCUT2D eigenvalue weighted by atomic mass is 79.9. The Bertz CT molecular complexity index is 277. The summed E-state index contributed by atoms with van der Waals surface area (Å²) in [5, 5.41) is 0. The number of hydrogen-bond acceptors (Lipinski definition) is 0. The molecule has 2 unspecified atom stereocenters. The van der Waals surface area contributed by atoms with E-state index in [1.165, 1.54) is 5.56 Å². The maximum Gasteiger partial charge on any atom is 0.0239 e. The molecule has 15 heavy (non-hydrogen) atoms. The van der Waals surface area contributed by atoms with Gasteiger partial charge in [-0.1, -0.05) is 74.0 Å². The molecule has 84 valence electrons. The predicted octanol–water partition coefficient (Wildman–Crippen LogP) is 4.85. The molecule has 0 aliphatic heterocycles. The van der Waals surface area contributed by atoms with Crippen LogP contribution >= 0.6 is 15.9 Å². The highest BCUT2D eigenvalue weighted by Gasteiger charge is 2.25. The third kappa shape index (κ3) is 3.34. The van der Waals surface area contributed by atoms with Crippen LogP contribution in [0.25, 0.3) is 0 Å². The summed E-state index contributed by atoms with van der Waals surface area (Å²) >= 11 is 3.85. The summed E-state index contributed by atoms with van der Waals surface area (Å²) in [6.45, 7) is 9.15. The Morgan fingerprint density at radius 3 is 1.80 bits per heavy atom. The lowest BCUT2D eigenvalue weighted by Gasteiger charge is -2.29. The van der Waals surface area contributed by atoms with Crippen molar-refractivity contribution < 1.29 is 0 Å². The van der Waals surface area contributed by atoms with Crippen LogP contribution in [0.1, 0.15) is 39.2 Å². The van der Waals surface area contributed by atoms with Gasteiger partial charge in [-0.15, -0.1) is 0 Å². The molecule has 0 radical (unpaired) electrons. The van der Waals surface area contributed by atoms with Crippen LogP contribution in [0.5, 0.6) is 0 Å². The van der Waals surface area contributed by atoms with E-state index in [1.807, 2.05) is 0 Å². The molecule has 1 aromatic carbocycles. The first kappa shape index (κ1) is 12.8. The minimum absolute atomic E-state index is 0.555. The van der Waals surface area contributed by atoms with Gasteiger partial charge in [0, 0.05) is 4.83 Å². The molecule has 0 bridgehead atoms. The van der Waals surface area contributed by atoms with Crippen molar-refractivity contribution >= 4 is 15.9 Å². The average Bonchev–Trinajstić information content (AvgIpc) is 2.18. The molecule has 2 atom stereocenters. The molecule has 0 saturated heterocycles. The van der Waals surface area contributed by atoms with Crippen LogP contribution in [-0.2, 0) is 0 Å². The number of rotatable bonds is 4.